The van der Waals surface area contributed by atoms with Crippen LogP contribution in [0.2, 0.25) is 0 Å². The number of thiazole rings is 1. The van der Waals surface area contributed by atoms with Crippen LogP contribution in [0.1, 0.15) is 16.6 Å². The third-order valence-electron chi connectivity index (χ3n) is 3.85. The number of nitrogens with one attached hydrogen (secondary N) is 1. The molecule has 6 nitrogen and oxygen atoms in total. The summed E-state index contributed by atoms with van der Waals surface area (Å²) in [5.41, 5.74) is 0.620. The molecule has 4 heterocycles. The number of carbonyl (C=O) groups excluding carboxylic acids is 1. The lowest BCUT2D eigenvalue weighted by molar-refractivity contribution is -0.129. The van der Waals surface area contributed by atoms with Gasteiger partial charge in [-0.15, -0.1) is 22.7 Å². The summed E-state index contributed by atoms with van der Waals surface area (Å²) in [4.78, 5) is 32.7. The molecule has 0 bridgehead atoms. The summed E-state index contributed by atoms with van der Waals surface area (Å²) in [7, 11) is 0. The van der Waals surface area contributed by atoms with Crippen molar-refractivity contribution in [1.29, 1.82) is 0 Å². The van der Waals surface area contributed by atoms with Crippen molar-refractivity contribution in [2.24, 2.45) is 0 Å². The zero-order chi connectivity index (χ0) is 15.8. The smallest absolute Gasteiger partial charge is 0.258 e. The van der Waals surface area contributed by atoms with Gasteiger partial charge in [0.1, 0.15) is 6.04 Å². The maximum absolute atomic E-state index is 12.3. The largest absolute Gasteiger partial charge is 0.353 e. The molecule has 1 saturated heterocycles. The highest BCUT2D eigenvalue weighted by molar-refractivity contribution is 7.15. The molecule has 0 saturated carbocycles. The number of carbonyl (C=O) groups is 1. The van der Waals surface area contributed by atoms with Crippen LogP contribution in [0.3, 0.4) is 0 Å². The molecule has 1 aliphatic rings. The standard InChI is InChI=1S/C15H14N4O2S2/c20-12-8-10(17-15-19(12)5-7-23-15)9-18-4-3-16-14(21)13(18)11-2-1-6-22-11/h1-2,5-8,13H,3-4,9H2,(H,16,21)/t13-/m1/s1. The maximum atomic E-state index is 12.3. The molecule has 1 fully saturated rings. The molecule has 118 valence electrons. The molecule has 1 N–H and O–H groups in total. The summed E-state index contributed by atoms with van der Waals surface area (Å²) in [5, 5.41) is 6.73. The van der Waals surface area contributed by atoms with Crippen molar-refractivity contribution in [2.75, 3.05) is 13.1 Å². The Hall–Kier alpha value is -2.03. The van der Waals surface area contributed by atoms with E-state index in [9.17, 15) is 9.59 Å². The Morgan fingerprint density at radius 1 is 1.30 bits per heavy atom. The number of thiophene rings is 1. The van der Waals surface area contributed by atoms with Crippen LogP contribution in [-0.2, 0) is 11.3 Å². The first-order valence-corrected chi connectivity index (χ1v) is 8.99. The van der Waals surface area contributed by atoms with E-state index in [4.69, 9.17) is 0 Å². The molecule has 1 amide bonds. The third kappa shape index (κ3) is 2.69. The highest BCUT2D eigenvalue weighted by Crippen LogP contribution is 2.28. The minimum absolute atomic E-state index is 0.00706. The second-order valence-electron chi connectivity index (χ2n) is 5.32. The number of piperazine rings is 1. The number of hydrogen-bond donors (Lipinski definition) is 1. The first-order chi connectivity index (χ1) is 11.2. The Balaban J connectivity index is 1.67. The van der Waals surface area contributed by atoms with Gasteiger partial charge in [0.25, 0.3) is 5.56 Å². The second kappa shape index (κ2) is 5.88. The van der Waals surface area contributed by atoms with E-state index in [0.717, 1.165) is 11.4 Å². The predicted octanol–water partition coefficient (Wildman–Crippen LogP) is 1.49. The van der Waals surface area contributed by atoms with E-state index >= 15 is 0 Å². The van der Waals surface area contributed by atoms with Crippen LogP contribution in [0.25, 0.3) is 4.96 Å². The van der Waals surface area contributed by atoms with E-state index in [1.807, 2.05) is 22.9 Å². The predicted molar refractivity (Wildman–Crippen MR) is 89.8 cm³/mol. The van der Waals surface area contributed by atoms with Gasteiger partial charge in [-0.2, -0.15) is 0 Å². The monoisotopic (exact) mass is 346 g/mol. The van der Waals surface area contributed by atoms with Gasteiger partial charge >= 0.3 is 0 Å². The molecule has 3 aromatic heterocycles. The van der Waals surface area contributed by atoms with Gasteiger partial charge in [-0.25, -0.2) is 4.98 Å². The van der Waals surface area contributed by atoms with Crippen molar-refractivity contribution < 1.29 is 4.79 Å². The van der Waals surface area contributed by atoms with Crippen LogP contribution >= 0.6 is 22.7 Å². The molecule has 8 heteroatoms. The number of rotatable bonds is 3. The first-order valence-electron chi connectivity index (χ1n) is 7.23. The molecule has 0 spiro atoms. The molecule has 4 rings (SSSR count). The molecular formula is C15H14N4O2S2. The fourth-order valence-electron chi connectivity index (χ4n) is 2.82. The normalized spacial score (nSPS) is 19.1. The van der Waals surface area contributed by atoms with Gasteiger partial charge in [-0.3, -0.25) is 18.9 Å². The molecule has 1 atom stereocenters. The number of aromatic nitrogens is 2. The molecular weight excluding hydrogens is 332 g/mol. The second-order valence-corrected chi connectivity index (χ2v) is 7.17. The SMILES string of the molecule is O=C1NCCN(Cc2cc(=O)n3ccsc3n2)[C@@H]1c1cccs1. The van der Waals surface area contributed by atoms with Crippen molar-refractivity contribution in [2.45, 2.75) is 12.6 Å². The van der Waals surface area contributed by atoms with Gasteiger partial charge in [-0.1, -0.05) is 6.07 Å². The summed E-state index contributed by atoms with van der Waals surface area (Å²) in [6.07, 6.45) is 1.72. The summed E-state index contributed by atoms with van der Waals surface area (Å²) in [5.74, 6) is 0.00706. The quantitative estimate of drug-likeness (QED) is 0.780. The molecule has 0 aliphatic carbocycles. The van der Waals surface area contributed by atoms with Gasteiger partial charge in [-0.05, 0) is 11.4 Å². The molecule has 0 aromatic carbocycles. The Bertz CT molecular complexity index is 900. The minimum Gasteiger partial charge on any atom is -0.353 e. The van der Waals surface area contributed by atoms with E-state index in [0.29, 0.717) is 23.7 Å². The number of amides is 1. The van der Waals surface area contributed by atoms with Crippen LogP contribution in [0.5, 0.6) is 0 Å². The van der Waals surface area contributed by atoms with Crippen molar-refractivity contribution in [3.8, 4) is 0 Å². The average molecular weight is 346 g/mol. The Morgan fingerprint density at radius 3 is 3.04 bits per heavy atom. The van der Waals surface area contributed by atoms with Crippen LogP contribution in [0, 0.1) is 0 Å². The van der Waals surface area contributed by atoms with Gasteiger partial charge in [0.2, 0.25) is 5.91 Å². The maximum Gasteiger partial charge on any atom is 0.258 e. The van der Waals surface area contributed by atoms with E-state index in [1.165, 1.54) is 15.7 Å². The van der Waals surface area contributed by atoms with E-state index in [-0.39, 0.29) is 17.5 Å². The number of fused-ring (bicyclic) bond motifs is 1. The summed E-state index contributed by atoms with van der Waals surface area (Å²) in [6, 6.07) is 5.16. The molecule has 23 heavy (non-hydrogen) atoms. The van der Waals surface area contributed by atoms with Crippen molar-refractivity contribution in [3.63, 3.8) is 0 Å². The zero-order valence-electron chi connectivity index (χ0n) is 12.1. The summed E-state index contributed by atoms with van der Waals surface area (Å²) < 4.78 is 1.54. The average Bonchev–Trinajstić information content (AvgIpc) is 3.18. The highest BCUT2D eigenvalue weighted by atomic mass is 32.1. The van der Waals surface area contributed by atoms with Gasteiger partial charge in [0.05, 0.1) is 5.69 Å². The topological polar surface area (TPSA) is 66.7 Å². The summed E-state index contributed by atoms with van der Waals surface area (Å²) >= 11 is 3.00. The number of hydrogen-bond acceptors (Lipinski definition) is 6. The molecule has 0 unspecified atom stereocenters. The minimum atomic E-state index is -0.313. The fourth-order valence-corrected chi connectivity index (χ4v) is 4.41. The van der Waals surface area contributed by atoms with Gasteiger partial charge < -0.3 is 5.32 Å². The zero-order valence-corrected chi connectivity index (χ0v) is 13.8. The first kappa shape index (κ1) is 14.6. The number of nitrogens with zero attached hydrogens (tertiary/aromatic N) is 3. The van der Waals surface area contributed by atoms with E-state index in [1.54, 1.807) is 23.6 Å². The molecule has 3 aromatic rings. The lowest BCUT2D eigenvalue weighted by Crippen LogP contribution is -2.49. The fraction of sp³-hybridized carbons (Fsp3) is 0.267. The van der Waals surface area contributed by atoms with Crippen LogP contribution in [0.15, 0.2) is 40.0 Å². The molecule has 1 aliphatic heterocycles. The van der Waals surface area contributed by atoms with Crippen LogP contribution in [0.4, 0.5) is 0 Å². The van der Waals surface area contributed by atoms with Gasteiger partial charge in [0.15, 0.2) is 4.96 Å². The Kier molecular flexibility index (Phi) is 3.72. The van der Waals surface area contributed by atoms with Crippen LogP contribution < -0.4 is 10.9 Å². The van der Waals surface area contributed by atoms with Crippen molar-refractivity contribution in [3.05, 3.63) is 56.1 Å². The molecule has 0 radical (unpaired) electrons. The lowest BCUT2D eigenvalue weighted by atomic mass is 10.1. The third-order valence-corrected chi connectivity index (χ3v) is 5.53. The highest BCUT2D eigenvalue weighted by Gasteiger charge is 2.32. The van der Waals surface area contributed by atoms with Crippen molar-refractivity contribution >= 4 is 33.5 Å². The van der Waals surface area contributed by atoms with Crippen LogP contribution in [-0.4, -0.2) is 33.3 Å². The van der Waals surface area contributed by atoms with E-state index in [2.05, 4.69) is 15.2 Å². The Morgan fingerprint density at radius 2 is 2.22 bits per heavy atom. The Labute approximate surface area is 140 Å². The van der Waals surface area contributed by atoms with E-state index < -0.39 is 0 Å². The van der Waals surface area contributed by atoms with Crippen molar-refractivity contribution in [1.82, 2.24) is 19.6 Å². The summed E-state index contributed by atoms with van der Waals surface area (Å²) in [6.45, 7) is 1.83. The lowest BCUT2D eigenvalue weighted by Gasteiger charge is -2.34. The van der Waals surface area contributed by atoms with Gasteiger partial charge in [0, 0.05) is 42.2 Å².